The number of hydrogen-bond acceptors (Lipinski definition) is 7. The molecular formula is C20H20N4O4S. The number of hydrogen-bond donors (Lipinski definition) is 2. The van der Waals surface area contributed by atoms with Gasteiger partial charge in [-0.1, -0.05) is 17.8 Å². The third kappa shape index (κ3) is 4.45. The van der Waals surface area contributed by atoms with E-state index in [-0.39, 0.29) is 18.0 Å². The Labute approximate surface area is 172 Å². The maximum Gasteiger partial charge on any atom is 0.233 e. The standard InChI is InChI=1S/C20H20N4O4S/c1-12(19(25)21-10-13-3-8-16-17(9-13)28-11-27-16)29-20-22-18(23-24-20)14-4-6-15(26-2)7-5-14/h3-9,12H,10-11H2,1-2H3,(H,21,25)(H,22,23,24)/t12-/m0/s1. The number of rotatable bonds is 7. The smallest absolute Gasteiger partial charge is 0.233 e. The van der Waals surface area contributed by atoms with E-state index in [4.69, 9.17) is 14.2 Å². The Morgan fingerprint density at radius 3 is 2.83 bits per heavy atom. The lowest BCUT2D eigenvalue weighted by Gasteiger charge is -2.10. The van der Waals surface area contributed by atoms with Gasteiger partial charge in [-0.2, -0.15) is 0 Å². The van der Waals surface area contributed by atoms with Crippen molar-refractivity contribution in [3.63, 3.8) is 0 Å². The zero-order valence-corrected chi connectivity index (χ0v) is 16.8. The molecule has 1 aliphatic heterocycles. The number of thioether (sulfide) groups is 1. The molecule has 0 saturated heterocycles. The summed E-state index contributed by atoms with van der Waals surface area (Å²) in [5.41, 5.74) is 1.84. The minimum absolute atomic E-state index is 0.0940. The number of methoxy groups -OCH3 is 1. The SMILES string of the molecule is COc1ccc(-c2nc(S[C@@H](C)C(=O)NCc3ccc4c(c3)OCO4)n[nH]2)cc1. The van der Waals surface area contributed by atoms with Gasteiger partial charge in [-0.15, -0.1) is 5.10 Å². The van der Waals surface area contributed by atoms with Crippen LogP contribution in [0, 0.1) is 0 Å². The van der Waals surface area contributed by atoms with Crippen LogP contribution in [0.2, 0.25) is 0 Å². The van der Waals surface area contributed by atoms with Crippen molar-refractivity contribution < 1.29 is 19.0 Å². The van der Waals surface area contributed by atoms with Crippen molar-refractivity contribution in [3.05, 3.63) is 48.0 Å². The summed E-state index contributed by atoms with van der Waals surface area (Å²) in [4.78, 5) is 16.9. The van der Waals surface area contributed by atoms with Crippen LogP contribution in [0.4, 0.5) is 0 Å². The molecule has 0 aliphatic carbocycles. The van der Waals surface area contributed by atoms with Crippen molar-refractivity contribution in [2.75, 3.05) is 13.9 Å². The van der Waals surface area contributed by atoms with Gasteiger partial charge in [0.05, 0.1) is 12.4 Å². The van der Waals surface area contributed by atoms with Crippen molar-refractivity contribution >= 4 is 17.7 Å². The monoisotopic (exact) mass is 412 g/mol. The highest BCUT2D eigenvalue weighted by atomic mass is 32.2. The van der Waals surface area contributed by atoms with E-state index in [0.29, 0.717) is 23.3 Å². The van der Waals surface area contributed by atoms with Gasteiger partial charge in [-0.05, 0) is 48.9 Å². The molecule has 2 heterocycles. The average molecular weight is 412 g/mol. The highest BCUT2D eigenvalue weighted by Crippen LogP contribution is 2.32. The maximum atomic E-state index is 12.4. The first-order valence-corrected chi connectivity index (χ1v) is 9.90. The van der Waals surface area contributed by atoms with E-state index in [1.807, 2.05) is 49.4 Å². The molecule has 150 valence electrons. The molecule has 8 nitrogen and oxygen atoms in total. The van der Waals surface area contributed by atoms with Crippen molar-refractivity contribution in [2.45, 2.75) is 23.9 Å². The number of amides is 1. The fourth-order valence-electron chi connectivity index (χ4n) is 2.77. The summed E-state index contributed by atoms with van der Waals surface area (Å²) in [5.74, 6) is 2.74. The van der Waals surface area contributed by atoms with Gasteiger partial charge in [0.15, 0.2) is 17.3 Å². The Morgan fingerprint density at radius 2 is 2.03 bits per heavy atom. The second-order valence-corrected chi connectivity index (χ2v) is 7.67. The van der Waals surface area contributed by atoms with Crippen LogP contribution in [0.25, 0.3) is 11.4 Å². The number of nitrogens with zero attached hydrogens (tertiary/aromatic N) is 2. The Kier molecular flexibility index (Phi) is 5.57. The zero-order chi connectivity index (χ0) is 20.2. The number of aromatic amines is 1. The first kappa shape index (κ1) is 19.1. The van der Waals surface area contributed by atoms with Crippen LogP contribution < -0.4 is 19.5 Å². The molecule has 29 heavy (non-hydrogen) atoms. The molecule has 2 N–H and O–H groups in total. The summed E-state index contributed by atoms with van der Waals surface area (Å²) in [6, 6.07) is 13.1. The van der Waals surface area contributed by atoms with Crippen molar-refractivity contribution in [2.24, 2.45) is 0 Å². The molecule has 1 aliphatic rings. The number of aromatic nitrogens is 3. The van der Waals surface area contributed by atoms with Crippen LogP contribution >= 0.6 is 11.8 Å². The molecule has 0 bridgehead atoms. The fraction of sp³-hybridized carbons (Fsp3) is 0.250. The van der Waals surface area contributed by atoms with Crippen molar-refractivity contribution in [1.29, 1.82) is 0 Å². The second kappa shape index (κ2) is 8.44. The van der Waals surface area contributed by atoms with Gasteiger partial charge in [0.2, 0.25) is 17.9 Å². The quantitative estimate of drug-likeness (QED) is 0.576. The number of benzene rings is 2. The predicted molar refractivity (Wildman–Crippen MR) is 108 cm³/mol. The summed E-state index contributed by atoms with van der Waals surface area (Å²) in [5, 5.41) is 10.2. The third-order valence-electron chi connectivity index (χ3n) is 4.38. The van der Waals surface area contributed by atoms with Crippen LogP contribution in [0.15, 0.2) is 47.6 Å². The number of H-pyrrole nitrogens is 1. The number of fused-ring (bicyclic) bond motifs is 1. The summed E-state index contributed by atoms with van der Waals surface area (Å²) >= 11 is 1.30. The second-order valence-electron chi connectivity index (χ2n) is 6.36. The lowest BCUT2D eigenvalue weighted by atomic mass is 10.2. The van der Waals surface area contributed by atoms with E-state index in [0.717, 1.165) is 22.6 Å². The van der Waals surface area contributed by atoms with E-state index >= 15 is 0 Å². The Balaban J connectivity index is 1.32. The van der Waals surface area contributed by atoms with Gasteiger partial charge in [0, 0.05) is 12.1 Å². The number of carbonyl (C=O) groups is 1. The molecule has 2 aromatic carbocycles. The molecule has 1 aromatic heterocycles. The molecule has 0 unspecified atom stereocenters. The van der Waals surface area contributed by atoms with Gasteiger partial charge in [-0.3, -0.25) is 9.89 Å². The molecule has 0 spiro atoms. The van der Waals surface area contributed by atoms with Gasteiger partial charge in [-0.25, -0.2) is 4.98 Å². The molecular weight excluding hydrogens is 392 g/mol. The van der Waals surface area contributed by atoms with Crippen LogP contribution in [0.3, 0.4) is 0 Å². The van der Waals surface area contributed by atoms with Crippen molar-refractivity contribution in [1.82, 2.24) is 20.5 Å². The van der Waals surface area contributed by atoms with Crippen molar-refractivity contribution in [3.8, 4) is 28.6 Å². The predicted octanol–water partition coefficient (Wildman–Crippen LogP) is 3.01. The van der Waals surface area contributed by atoms with Gasteiger partial charge >= 0.3 is 0 Å². The van der Waals surface area contributed by atoms with Gasteiger partial charge in [0.1, 0.15) is 5.75 Å². The lowest BCUT2D eigenvalue weighted by Crippen LogP contribution is -2.30. The summed E-state index contributed by atoms with van der Waals surface area (Å²) in [7, 11) is 1.62. The van der Waals surface area contributed by atoms with Crippen LogP contribution in [-0.4, -0.2) is 40.2 Å². The Morgan fingerprint density at radius 1 is 1.24 bits per heavy atom. The van der Waals surface area contributed by atoms with Gasteiger partial charge < -0.3 is 19.5 Å². The minimum atomic E-state index is -0.344. The van der Waals surface area contributed by atoms with E-state index in [1.54, 1.807) is 7.11 Å². The highest BCUT2D eigenvalue weighted by molar-refractivity contribution is 8.00. The molecule has 9 heteroatoms. The largest absolute Gasteiger partial charge is 0.497 e. The number of nitrogens with one attached hydrogen (secondary N) is 2. The highest BCUT2D eigenvalue weighted by Gasteiger charge is 2.18. The fourth-order valence-corrected chi connectivity index (χ4v) is 3.52. The van der Waals surface area contributed by atoms with Gasteiger partial charge in [0.25, 0.3) is 0 Å². The molecule has 3 aromatic rings. The van der Waals surface area contributed by atoms with Crippen LogP contribution in [0.5, 0.6) is 17.2 Å². The molecule has 0 radical (unpaired) electrons. The Bertz CT molecular complexity index is 1010. The van der Waals surface area contributed by atoms with Crippen LogP contribution in [0.1, 0.15) is 12.5 Å². The summed E-state index contributed by atoms with van der Waals surface area (Å²) in [6.45, 7) is 2.46. The minimum Gasteiger partial charge on any atom is -0.497 e. The lowest BCUT2D eigenvalue weighted by molar-refractivity contribution is -0.120. The first-order chi connectivity index (χ1) is 14.1. The normalized spacial score (nSPS) is 13.2. The molecule has 1 atom stereocenters. The van der Waals surface area contributed by atoms with Crippen LogP contribution in [-0.2, 0) is 11.3 Å². The molecule has 0 fully saturated rings. The molecule has 1 amide bonds. The maximum absolute atomic E-state index is 12.4. The first-order valence-electron chi connectivity index (χ1n) is 9.02. The summed E-state index contributed by atoms with van der Waals surface area (Å²) < 4.78 is 15.8. The zero-order valence-electron chi connectivity index (χ0n) is 16.0. The molecule has 0 saturated carbocycles. The number of carbonyl (C=O) groups excluding carboxylic acids is 1. The van der Waals surface area contributed by atoms with E-state index in [9.17, 15) is 4.79 Å². The summed E-state index contributed by atoms with van der Waals surface area (Å²) in [6.07, 6.45) is 0. The topological polar surface area (TPSA) is 98.4 Å². The van der Waals surface area contributed by atoms with E-state index in [1.165, 1.54) is 11.8 Å². The third-order valence-corrected chi connectivity index (χ3v) is 5.34. The average Bonchev–Trinajstić information content (AvgIpc) is 3.41. The Hall–Kier alpha value is -3.20. The number of ether oxygens (including phenoxy) is 3. The molecule has 4 rings (SSSR count). The van der Waals surface area contributed by atoms with E-state index < -0.39 is 0 Å². The van der Waals surface area contributed by atoms with E-state index in [2.05, 4.69) is 20.5 Å².